The van der Waals surface area contributed by atoms with Gasteiger partial charge >= 0.3 is 0 Å². The molecular weight excluding hydrogens is 406 g/mol. The third kappa shape index (κ3) is 3.39. The smallest absolute Gasteiger partial charge is 0.300 e. The molecule has 166 valence electrons. The van der Waals surface area contributed by atoms with Crippen LogP contribution in [0.2, 0.25) is 0 Å². The molecule has 3 saturated heterocycles. The number of hydrogen-bond acceptors (Lipinski definition) is 7. The Labute approximate surface area is 186 Å². The molecule has 0 saturated carbocycles. The minimum Gasteiger partial charge on any atom is -0.422 e. The molecule has 1 aromatic carbocycles. The van der Waals surface area contributed by atoms with Gasteiger partial charge in [-0.3, -0.25) is 4.79 Å². The molecule has 8 nitrogen and oxygen atoms in total. The van der Waals surface area contributed by atoms with Gasteiger partial charge in [-0.2, -0.15) is 4.98 Å². The van der Waals surface area contributed by atoms with Crippen LogP contribution in [0, 0.1) is 6.92 Å². The van der Waals surface area contributed by atoms with Crippen LogP contribution in [0.3, 0.4) is 0 Å². The molecule has 3 aliphatic rings. The summed E-state index contributed by atoms with van der Waals surface area (Å²) in [7, 11) is 0. The standard InChI is InChI=1S/C24H27N5O3/c1-17-3-8-20-21(25-17)26-23(32-20)28-12-10-27(11-13-28)22(30)18-4-6-19(7-5-18)29-15-24(16-29)9-2-14-31-24/h3-8H,2,9-16H2,1H3. The number of fused-ring (bicyclic) bond motifs is 1. The first-order valence-corrected chi connectivity index (χ1v) is 11.4. The lowest BCUT2D eigenvalue weighted by molar-refractivity contribution is -0.0180. The molecule has 0 N–H and O–H groups in total. The second-order valence-electron chi connectivity index (χ2n) is 9.09. The summed E-state index contributed by atoms with van der Waals surface area (Å²) < 4.78 is 11.8. The number of aromatic nitrogens is 2. The third-order valence-corrected chi connectivity index (χ3v) is 6.84. The van der Waals surface area contributed by atoms with Gasteiger partial charge in [-0.25, -0.2) is 4.98 Å². The van der Waals surface area contributed by atoms with E-state index < -0.39 is 0 Å². The monoisotopic (exact) mass is 433 g/mol. The zero-order valence-corrected chi connectivity index (χ0v) is 18.3. The van der Waals surface area contributed by atoms with Crippen molar-refractivity contribution in [3.8, 4) is 0 Å². The number of pyridine rings is 1. The lowest BCUT2D eigenvalue weighted by Gasteiger charge is -2.48. The maximum atomic E-state index is 13.0. The van der Waals surface area contributed by atoms with Gasteiger partial charge in [-0.15, -0.1) is 0 Å². The van der Waals surface area contributed by atoms with Crippen molar-refractivity contribution < 1.29 is 13.9 Å². The van der Waals surface area contributed by atoms with Gasteiger partial charge in [0.25, 0.3) is 11.9 Å². The van der Waals surface area contributed by atoms with Crippen LogP contribution in [-0.2, 0) is 4.74 Å². The third-order valence-electron chi connectivity index (χ3n) is 6.84. The zero-order chi connectivity index (χ0) is 21.7. The van der Waals surface area contributed by atoms with Gasteiger partial charge in [-0.05, 0) is 56.2 Å². The summed E-state index contributed by atoms with van der Waals surface area (Å²) in [6, 6.07) is 12.4. The first-order chi connectivity index (χ1) is 15.6. The van der Waals surface area contributed by atoms with E-state index in [9.17, 15) is 4.79 Å². The summed E-state index contributed by atoms with van der Waals surface area (Å²) in [5.74, 6) is 0.0743. The van der Waals surface area contributed by atoms with Crippen molar-refractivity contribution >= 4 is 28.8 Å². The van der Waals surface area contributed by atoms with Crippen LogP contribution < -0.4 is 9.80 Å². The molecule has 5 heterocycles. The number of ether oxygens (including phenoxy) is 1. The number of hydrogen-bond donors (Lipinski definition) is 0. The summed E-state index contributed by atoms with van der Waals surface area (Å²) in [6.45, 7) is 7.37. The quantitative estimate of drug-likeness (QED) is 0.629. The van der Waals surface area contributed by atoms with Crippen molar-refractivity contribution in [2.45, 2.75) is 25.4 Å². The van der Waals surface area contributed by atoms with Gasteiger partial charge < -0.3 is 23.9 Å². The fourth-order valence-electron chi connectivity index (χ4n) is 4.97. The average molecular weight is 434 g/mol. The minimum atomic E-state index is 0.0743. The minimum absolute atomic E-state index is 0.0743. The van der Waals surface area contributed by atoms with Gasteiger partial charge in [-0.1, -0.05) is 0 Å². The molecule has 0 unspecified atom stereocenters. The number of carbonyl (C=O) groups is 1. The number of oxazole rings is 1. The van der Waals surface area contributed by atoms with E-state index in [1.54, 1.807) is 0 Å². The Hall–Kier alpha value is -3.13. The van der Waals surface area contributed by atoms with E-state index in [4.69, 9.17) is 9.15 Å². The number of benzene rings is 1. The zero-order valence-electron chi connectivity index (χ0n) is 18.3. The van der Waals surface area contributed by atoms with Crippen molar-refractivity contribution in [2.24, 2.45) is 0 Å². The van der Waals surface area contributed by atoms with Crippen molar-refractivity contribution in [2.75, 3.05) is 55.7 Å². The molecule has 2 aromatic heterocycles. The first-order valence-electron chi connectivity index (χ1n) is 11.4. The number of rotatable bonds is 3. The molecule has 1 amide bonds. The fourth-order valence-corrected chi connectivity index (χ4v) is 4.97. The average Bonchev–Trinajstić information content (AvgIpc) is 3.45. The van der Waals surface area contributed by atoms with E-state index in [0.29, 0.717) is 43.4 Å². The molecule has 3 fully saturated rings. The van der Waals surface area contributed by atoms with E-state index in [2.05, 4.69) is 31.9 Å². The lowest BCUT2D eigenvalue weighted by Crippen LogP contribution is -2.61. The van der Waals surface area contributed by atoms with Gasteiger partial charge in [0.15, 0.2) is 5.58 Å². The molecule has 3 aliphatic heterocycles. The Morgan fingerprint density at radius 2 is 1.75 bits per heavy atom. The summed E-state index contributed by atoms with van der Waals surface area (Å²) >= 11 is 0. The molecule has 8 heteroatoms. The number of anilines is 2. The number of carbonyl (C=O) groups excluding carboxylic acids is 1. The Kier molecular flexibility index (Phi) is 4.57. The molecule has 0 aliphatic carbocycles. The predicted molar refractivity (Wildman–Crippen MR) is 121 cm³/mol. The number of amides is 1. The van der Waals surface area contributed by atoms with Gasteiger partial charge in [0.1, 0.15) is 5.60 Å². The van der Waals surface area contributed by atoms with Gasteiger partial charge in [0, 0.05) is 62.8 Å². The number of piperazine rings is 1. The fraction of sp³-hybridized carbons (Fsp3) is 0.458. The highest BCUT2D eigenvalue weighted by atomic mass is 16.5. The molecule has 0 radical (unpaired) electrons. The second-order valence-corrected chi connectivity index (χ2v) is 9.09. The van der Waals surface area contributed by atoms with Crippen molar-refractivity contribution in [3.63, 3.8) is 0 Å². The summed E-state index contributed by atoms with van der Waals surface area (Å²) in [5.41, 5.74) is 4.21. The van der Waals surface area contributed by atoms with Gasteiger partial charge in [0.2, 0.25) is 5.65 Å². The van der Waals surface area contributed by atoms with Crippen molar-refractivity contribution in [3.05, 3.63) is 47.7 Å². The highest BCUT2D eigenvalue weighted by molar-refractivity contribution is 5.94. The number of nitrogens with zero attached hydrogens (tertiary/aromatic N) is 5. The maximum Gasteiger partial charge on any atom is 0.300 e. The summed E-state index contributed by atoms with van der Waals surface area (Å²) in [5, 5.41) is 0. The summed E-state index contributed by atoms with van der Waals surface area (Å²) in [4.78, 5) is 28.3. The Balaban J connectivity index is 1.07. The van der Waals surface area contributed by atoms with Crippen molar-refractivity contribution in [1.82, 2.24) is 14.9 Å². The Morgan fingerprint density at radius 1 is 0.969 bits per heavy atom. The molecule has 1 spiro atoms. The molecule has 6 rings (SSSR count). The SMILES string of the molecule is Cc1ccc2oc(N3CCN(C(=O)c4ccc(N5CC6(CCCO6)C5)cc4)CC3)nc2n1. The largest absolute Gasteiger partial charge is 0.422 e. The van der Waals surface area contributed by atoms with Crippen LogP contribution in [-0.4, -0.2) is 72.3 Å². The van der Waals surface area contributed by atoms with Crippen LogP contribution in [0.5, 0.6) is 0 Å². The molecule has 3 aromatic rings. The van der Waals surface area contributed by atoms with E-state index >= 15 is 0 Å². The van der Waals surface area contributed by atoms with E-state index in [-0.39, 0.29) is 11.5 Å². The topological polar surface area (TPSA) is 74.9 Å². The molecule has 0 bridgehead atoms. The van der Waals surface area contributed by atoms with E-state index in [1.807, 2.05) is 36.1 Å². The van der Waals surface area contributed by atoms with Crippen LogP contribution in [0.25, 0.3) is 11.2 Å². The molecule has 0 atom stereocenters. The van der Waals surface area contributed by atoms with E-state index in [1.165, 1.54) is 0 Å². The predicted octanol–water partition coefficient (Wildman–Crippen LogP) is 2.86. The Bertz CT molecular complexity index is 1140. The van der Waals surface area contributed by atoms with Crippen LogP contribution in [0.4, 0.5) is 11.7 Å². The van der Waals surface area contributed by atoms with Crippen LogP contribution in [0.15, 0.2) is 40.8 Å². The second kappa shape index (κ2) is 7.48. The lowest BCUT2D eigenvalue weighted by atomic mass is 9.90. The Morgan fingerprint density at radius 3 is 2.47 bits per heavy atom. The molecular formula is C24H27N5O3. The van der Waals surface area contributed by atoms with Crippen LogP contribution >= 0.6 is 0 Å². The van der Waals surface area contributed by atoms with E-state index in [0.717, 1.165) is 49.5 Å². The molecule has 32 heavy (non-hydrogen) atoms. The van der Waals surface area contributed by atoms with Gasteiger partial charge in [0.05, 0.1) is 0 Å². The van der Waals surface area contributed by atoms with Crippen LogP contribution in [0.1, 0.15) is 28.9 Å². The highest BCUT2D eigenvalue weighted by Crippen LogP contribution is 2.37. The maximum absolute atomic E-state index is 13.0. The normalized spacial score (nSPS) is 20.2. The van der Waals surface area contributed by atoms with Crippen molar-refractivity contribution in [1.29, 1.82) is 0 Å². The first kappa shape index (κ1) is 19.5. The highest BCUT2D eigenvalue weighted by Gasteiger charge is 2.46. The number of aryl methyl sites for hydroxylation is 1. The summed E-state index contributed by atoms with van der Waals surface area (Å²) in [6.07, 6.45) is 2.32.